The number of nitrogens with zero attached hydrogens (tertiary/aromatic N) is 1. The van der Waals surface area contributed by atoms with Crippen LogP contribution >= 0.6 is 0 Å². The van der Waals surface area contributed by atoms with Gasteiger partial charge in [0.15, 0.2) is 0 Å². The molecule has 1 fully saturated rings. The molecular formula is C15H25NO. The van der Waals surface area contributed by atoms with Crippen LogP contribution in [0.5, 0.6) is 0 Å². The molecule has 0 aromatic carbocycles. The summed E-state index contributed by atoms with van der Waals surface area (Å²) in [6.07, 6.45) is 8.19. The van der Waals surface area contributed by atoms with Crippen LogP contribution in [0.4, 0.5) is 0 Å². The molecule has 0 saturated heterocycles. The predicted octanol–water partition coefficient (Wildman–Crippen LogP) is 3.68. The van der Waals surface area contributed by atoms with Gasteiger partial charge in [0, 0.05) is 17.4 Å². The van der Waals surface area contributed by atoms with E-state index in [4.69, 9.17) is 0 Å². The highest BCUT2D eigenvalue weighted by atomic mass is 16.3. The van der Waals surface area contributed by atoms with Crippen molar-refractivity contribution in [3.05, 3.63) is 23.5 Å². The van der Waals surface area contributed by atoms with Crippen molar-refractivity contribution in [3.8, 4) is 0 Å². The van der Waals surface area contributed by atoms with Gasteiger partial charge in [0.25, 0.3) is 0 Å². The molecule has 1 heterocycles. The quantitative estimate of drug-likeness (QED) is 0.846. The molecule has 1 aromatic rings. The molecule has 0 bridgehead atoms. The molecule has 0 atom stereocenters. The van der Waals surface area contributed by atoms with E-state index >= 15 is 0 Å². The second-order valence-corrected chi connectivity index (χ2v) is 5.65. The average Bonchev–Trinajstić information content (AvgIpc) is 2.73. The smallest absolute Gasteiger partial charge is 0.0833 e. The van der Waals surface area contributed by atoms with Crippen LogP contribution < -0.4 is 0 Å². The Labute approximate surface area is 105 Å². The lowest BCUT2D eigenvalue weighted by Crippen LogP contribution is -2.15. The van der Waals surface area contributed by atoms with E-state index < -0.39 is 0 Å². The van der Waals surface area contributed by atoms with Crippen LogP contribution in [0.3, 0.4) is 0 Å². The molecule has 0 spiro atoms. The van der Waals surface area contributed by atoms with Gasteiger partial charge in [0.2, 0.25) is 0 Å². The Bertz CT molecular complexity index is 348. The molecule has 1 aromatic heterocycles. The maximum Gasteiger partial charge on any atom is 0.0833 e. The maximum absolute atomic E-state index is 9.37. The van der Waals surface area contributed by atoms with Crippen LogP contribution in [0.25, 0.3) is 0 Å². The first-order chi connectivity index (χ1) is 8.22. The molecule has 1 N–H and O–H groups in total. The third-order valence-corrected chi connectivity index (χ3v) is 3.99. The Morgan fingerprint density at radius 3 is 2.41 bits per heavy atom. The third kappa shape index (κ3) is 2.92. The minimum Gasteiger partial charge on any atom is -0.390 e. The summed E-state index contributed by atoms with van der Waals surface area (Å²) in [4.78, 5) is 0. The molecule has 1 aliphatic rings. The van der Waals surface area contributed by atoms with Crippen LogP contribution in [0.15, 0.2) is 12.1 Å². The van der Waals surface area contributed by atoms with E-state index in [-0.39, 0.29) is 6.61 Å². The molecule has 2 heteroatoms. The van der Waals surface area contributed by atoms with Crippen LogP contribution in [-0.4, -0.2) is 9.67 Å². The van der Waals surface area contributed by atoms with Crippen molar-refractivity contribution in [2.75, 3.05) is 0 Å². The summed E-state index contributed by atoms with van der Waals surface area (Å²) in [5, 5.41) is 9.37. The summed E-state index contributed by atoms with van der Waals surface area (Å²) in [6, 6.07) is 4.74. The highest BCUT2D eigenvalue weighted by Crippen LogP contribution is 2.28. The van der Waals surface area contributed by atoms with Crippen molar-refractivity contribution in [1.82, 2.24) is 4.57 Å². The topological polar surface area (TPSA) is 25.2 Å². The van der Waals surface area contributed by atoms with Gasteiger partial charge >= 0.3 is 0 Å². The van der Waals surface area contributed by atoms with Gasteiger partial charge in [0.05, 0.1) is 6.61 Å². The summed E-state index contributed by atoms with van der Waals surface area (Å²) in [5.41, 5.74) is 2.47. The van der Waals surface area contributed by atoms with Gasteiger partial charge in [-0.05, 0) is 38.3 Å². The molecule has 0 radical (unpaired) electrons. The zero-order chi connectivity index (χ0) is 12.3. The first kappa shape index (κ1) is 12.7. The van der Waals surface area contributed by atoms with E-state index in [9.17, 15) is 5.11 Å². The molecule has 17 heavy (non-hydrogen) atoms. The number of aromatic nitrogens is 1. The average molecular weight is 235 g/mol. The van der Waals surface area contributed by atoms with Gasteiger partial charge < -0.3 is 9.67 Å². The first-order valence-corrected chi connectivity index (χ1v) is 7.02. The van der Waals surface area contributed by atoms with E-state index in [1.54, 1.807) is 0 Å². The van der Waals surface area contributed by atoms with Gasteiger partial charge in [-0.15, -0.1) is 0 Å². The van der Waals surface area contributed by atoms with Crippen molar-refractivity contribution < 1.29 is 5.11 Å². The fourth-order valence-corrected chi connectivity index (χ4v) is 3.18. The molecule has 2 nitrogen and oxygen atoms in total. The predicted molar refractivity (Wildman–Crippen MR) is 71.0 cm³/mol. The number of aliphatic hydroxyl groups excluding tert-OH is 1. The van der Waals surface area contributed by atoms with E-state index in [2.05, 4.69) is 30.5 Å². The van der Waals surface area contributed by atoms with Crippen LogP contribution in [0.2, 0.25) is 0 Å². The van der Waals surface area contributed by atoms with Gasteiger partial charge in [-0.25, -0.2) is 0 Å². The molecule has 1 aliphatic carbocycles. The second-order valence-electron chi connectivity index (χ2n) is 5.65. The van der Waals surface area contributed by atoms with E-state index in [1.807, 2.05) is 0 Å². The number of hydrogen-bond acceptors (Lipinski definition) is 1. The van der Waals surface area contributed by atoms with Crippen LogP contribution in [-0.2, 0) is 13.0 Å². The molecule has 96 valence electrons. The van der Waals surface area contributed by atoms with Crippen molar-refractivity contribution in [2.45, 2.75) is 65.0 Å². The van der Waals surface area contributed by atoms with E-state index in [1.165, 1.54) is 44.2 Å². The Morgan fingerprint density at radius 2 is 1.82 bits per heavy atom. The number of hydrogen-bond donors (Lipinski definition) is 1. The molecule has 1 saturated carbocycles. The van der Waals surface area contributed by atoms with Gasteiger partial charge in [-0.1, -0.05) is 32.1 Å². The normalized spacial score (nSPS) is 17.9. The lowest BCUT2D eigenvalue weighted by atomic mass is 9.86. The Hall–Kier alpha value is -0.760. The van der Waals surface area contributed by atoms with E-state index in [0.717, 1.165) is 11.6 Å². The minimum absolute atomic E-state index is 0.156. The summed E-state index contributed by atoms with van der Waals surface area (Å²) in [6.45, 7) is 4.55. The molecule has 0 aliphatic heterocycles. The standard InChI is InChI=1S/C15H25NO/c1-12(2)16-14(8-9-15(16)11-17)10-13-6-4-3-5-7-13/h8-9,12-13,17H,3-7,10-11H2,1-2H3. The molecular weight excluding hydrogens is 210 g/mol. The fraction of sp³-hybridized carbons (Fsp3) is 0.733. The highest BCUT2D eigenvalue weighted by Gasteiger charge is 2.17. The Morgan fingerprint density at radius 1 is 1.18 bits per heavy atom. The van der Waals surface area contributed by atoms with Crippen molar-refractivity contribution >= 4 is 0 Å². The molecule has 0 unspecified atom stereocenters. The molecule has 2 rings (SSSR count). The summed E-state index contributed by atoms with van der Waals surface area (Å²) in [5.74, 6) is 0.864. The van der Waals surface area contributed by atoms with E-state index in [0.29, 0.717) is 6.04 Å². The zero-order valence-electron chi connectivity index (χ0n) is 11.2. The molecule has 0 amide bonds. The fourth-order valence-electron chi connectivity index (χ4n) is 3.18. The van der Waals surface area contributed by atoms with Crippen molar-refractivity contribution in [2.24, 2.45) is 5.92 Å². The Kier molecular flexibility index (Phi) is 4.27. The van der Waals surface area contributed by atoms with Gasteiger partial charge in [-0.3, -0.25) is 0 Å². The zero-order valence-corrected chi connectivity index (χ0v) is 11.2. The monoisotopic (exact) mass is 235 g/mol. The minimum atomic E-state index is 0.156. The first-order valence-electron chi connectivity index (χ1n) is 7.02. The summed E-state index contributed by atoms with van der Waals surface area (Å²) in [7, 11) is 0. The van der Waals surface area contributed by atoms with Gasteiger partial charge in [-0.2, -0.15) is 0 Å². The third-order valence-electron chi connectivity index (χ3n) is 3.99. The highest BCUT2D eigenvalue weighted by molar-refractivity contribution is 5.17. The summed E-state index contributed by atoms with van der Waals surface area (Å²) < 4.78 is 2.31. The lowest BCUT2D eigenvalue weighted by Gasteiger charge is -2.24. The van der Waals surface area contributed by atoms with Crippen LogP contribution in [0, 0.1) is 5.92 Å². The lowest BCUT2D eigenvalue weighted by molar-refractivity contribution is 0.266. The van der Waals surface area contributed by atoms with Crippen LogP contribution in [0.1, 0.15) is 63.4 Å². The Balaban J connectivity index is 2.11. The largest absolute Gasteiger partial charge is 0.390 e. The summed E-state index contributed by atoms with van der Waals surface area (Å²) >= 11 is 0. The van der Waals surface area contributed by atoms with Crippen molar-refractivity contribution in [1.29, 1.82) is 0 Å². The SMILES string of the molecule is CC(C)n1c(CO)ccc1CC1CCCCC1. The maximum atomic E-state index is 9.37. The number of rotatable bonds is 4. The number of aliphatic hydroxyl groups is 1. The van der Waals surface area contributed by atoms with Gasteiger partial charge in [0.1, 0.15) is 0 Å². The van der Waals surface area contributed by atoms with Crippen molar-refractivity contribution in [3.63, 3.8) is 0 Å². The second kappa shape index (κ2) is 5.72.